The van der Waals surface area contributed by atoms with E-state index in [-0.39, 0.29) is 0 Å². The molecule has 3 aromatic rings. The summed E-state index contributed by atoms with van der Waals surface area (Å²) < 4.78 is 0. The van der Waals surface area contributed by atoms with Crippen LogP contribution in [0, 0.1) is 0 Å². The molecule has 1 aromatic carbocycles. The number of aromatic nitrogens is 3. The van der Waals surface area contributed by atoms with Gasteiger partial charge in [0, 0.05) is 23.3 Å². The van der Waals surface area contributed by atoms with Crippen molar-refractivity contribution in [2.24, 2.45) is 0 Å². The maximum atomic E-state index is 5.86. The number of H-pyrrole nitrogens is 1. The molecule has 2 heterocycles. The molecule has 0 bridgehead atoms. The Hall–Kier alpha value is -2.36. The fourth-order valence-electron chi connectivity index (χ4n) is 2.35. The number of nitrogens with two attached hydrogens (primary N) is 1. The van der Waals surface area contributed by atoms with E-state index >= 15 is 0 Å². The van der Waals surface area contributed by atoms with E-state index in [1.807, 2.05) is 12.4 Å². The van der Waals surface area contributed by atoms with Crippen LogP contribution in [0.25, 0.3) is 21.9 Å². The van der Waals surface area contributed by atoms with E-state index in [1.165, 1.54) is 10.9 Å². The second kappa shape index (κ2) is 4.39. The van der Waals surface area contributed by atoms with Crippen LogP contribution in [0.15, 0.2) is 36.8 Å². The molecule has 0 spiro atoms. The first-order valence-electron chi connectivity index (χ1n) is 6.33. The van der Waals surface area contributed by atoms with Crippen molar-refractivity contribution in [1.29, 1.82) is 0 Å². The number of hydrogen-bond donors (Lipinski definition) is 2. The van der Waals surface area contributed by atoms with Crippen LogP contribution in [0.4, 0.5) is 5.82 Å². The minimum Gasteiger partial charge on any atom is -0.384 e. The summed E-state index contributed by atoms with van der Waals surface area (Å²) in [6.07, 6.45) is 5.58. The molecule has 0 atom stereocenters. The van der Waals surface area contributed by atoms with Crippen LogP contribution >= 0.6 is 0 Å². The Labute approximate surface area is 111 Å². The standard InChI is InChI=1S/C15H16N4/c1-9(2)13-7-17-6-11-5-10(3-4-12(11)13)14-8-18-19-15(14)16/h3-9H,1-2H3,(H3,16,18,19). The van der Waals surface area contributed by atoms with Crippen molar-refractivity contribution in [3.05, 3.63) is 42.4 Å². The number of nitrogens with one attached hydrogen (secondary N) is 1. The van der Waals surface area contributed by atoms with Gasteiger partial charge < -0.3 is 5.73 Å². The van der Waals surface area contributed by atoms with E-state index in [2.05, 4.69) is 47.2 Å². The SMILES string of the molecule is CC(C)c1cncc2cc(-c3cn[nH]c3N)ccc12. The first-order chi connectivity index (χ1) is 9.16. The predicted octanol–water partition coefficient (Wildman–Crippen LogP) is 3.33. The van der Waals surface area contributed by atoms with Gasteiger partial charge in [0.05, 0.1) is 6.20 Å². The lowest BCUT2D eigenvalue weighted by molar-refractivity contribution is 0.869. The van der Waals surface area contributed by atoms with Crippen LogP contribution in [-0.2, 0) is 0 Å². The molecule has 4 nitrogen and oxygen atoms in total. The quantitative estimate of drug-likeness (QED) is 0.735. The van der Waals surface area contributed by atoms with Crippen LogP contribution in [-0.4, -0.2) is 15.2 Å². The number of rotatable bonds is 2. The number of hydrogen-bond acceptors (Lipinski definition) is 3. The van der Waals surface area contributed by atoms with Crippen molar-refractivity contribution in [2.45, 2.75) is 19.8 Å². The van der Waals surface area contributed by atoms with Gasteiger partial charge in [-0.15, -0.1) is 0 Å². The number of fused-ring (bicyclic) bond motifs is 1. The Balaban J connectivity index is 2.20. The molecule has 0 amide bonds. The highest BCUT2D eigenvalue weighted by molar-refractivity contribution is 5.90. The molecule has 4 heteroatoms. The zero-order chi connectivity index (χ0) is 13.4. The third-order valence-corrected chi connectivity index (χ3v) is 3.39. The molecule has 0 aliphatic carbocycles. The topological polar surface area (TPSA) is 67.6 Å². The number of nitrogen functional groups attached to an aromatic ring is 1. The Bertz CT molecular complexity index is 728. The maximum absolute atomic E-state index is 5.86. The van der Waals surface area contributed by atoms with Gasteiger partial charge in [0.25, 0.3) is 0 Å². The third kappa shape index (κ3) is 1.95. The minimum atomic E-state index is 0.459. The monoisotopic (exact) mass is 252 g/mol. The summed E-state index contributed by atoms with van der Waals surface area (Å²) in [6, 6.07) is 6.32. The van der Waals surface area contributed by atoms with Gasteiger partial charge >= 0.3 is 0 Å². The molecular formula is C15H16N4. The fourth-order valence-corrected chi connectivity index (χ4v) is 2.35. The Morgan fingerprint density at radius 3 is 2.68 bits per heavy atom. The lowest BCUT2D eigenvalue weighted by Crippen LogP contribution is -1.92. The van der Waals surface area contributed by atoms with Gasteiger partial charge in [-0.1, -0.05) is 26.0 Å². The van der Waals surface area contributed by atoms with Crippen molar-refractivity contribution in [3.8, 4) is 11.1 Å². The molecule has 0 saturated carbocycles. The van der Waals surface area contributed by atoms with E-state index < -0.39 is 0 Å². The highest BCUT2D eigenvalue weighted by Gasteiger charge is 2.09. The molecule has 19 heavy (non-hydrogen) atoms. The van der Waals surface area contributed by atoms with Gasteiger partial charge in [0.2, 0.25) is 0 Å². The van der Waals surface area contributed by atoms with Crippen LogP contribution in [0.3, 0.4) is 0 Å². The van der Waals surface area contributed by atoms with Crippen molar-refractivity contribution < 1.29 is 0 Å². The van der Waals surface area contributed by atoms with Crippen molar-refractivity contribution >= 4 is 16.6 Å². The normalized spacial score (nSPS) is 11.3. The zero-order valence-electron chi connectivity index (χ0n) is 11.0. The van der Waals surface area contributed by atoms with E-state index in [0.29, 0.717) is 11.7 Å². The van der Waals surface area contributed by atoms with Crippen molar-refractivity contribution in [3.63, 3.8) is 0 Å². The molecule has 96 valence electrons. The summed E-state index contributed by atoms with van der Waals surface area (Å²) in [5, 5.41) is 9.09. The molecule has 0 aliphatic heterocycles. The second-order valence-electron chi connectivity index (χ2n) is 5.02. The molecular weight excluding hydrogens is 236 g/mol. The number of nitrogens with zero attached hydrogens (tertiary/aromatic N) is 2. The van der Waals surface area contributed by atoms with Crippen LogP contribution in [0.5, 0.6) is 0 Å². The Morgan fingerprint density at radius 1 is 1.16 bits per heavy atom. The first-order valence-corrected chi connectivity index (χ1v) is 6.33. The first kappa shape index (κ1) is 11.7. The predicted molar refractivity (Wildman–Crippen MR) is 77.8 cm³/mol. The minimum absolute atomic E-state index is 0.459. The van der Waals surface area contributed by atoms with E-state index in [4.69, 9.17) is 5.73 Å². The van der Waals surface area contributed by atoms with Crippen molar-refractivity contribution in [2.75, 3.05) is 5.73 Å². The average molecular weight is 252 g/mol. The average Bonchev–Trinajstić information content (AvgIpc) is 2.83. The highest BCUT2D eigenvalue weighted by Crippen LogP contribution is 2.30. The number of anilines is 1. The molecule has 3 N–H and O–H groups in total. The lowest BCUT2D eigenvalue weighted by atomic mass is 9.96. The van der Waals surface area contributed by atoms with Gasteiger partial charge in [-0.3, -0.25) is 10.1 Å². The van der Waals surface area contributed by atoms with Crippen LogP contribution < -0.4 is 5.73 Å². The zero-order valence-corrected chi connectivity index (χ0v) is 11.0. The molecule has 0 unspecified atom stereocenters. The smallest absolute Gasteiger partial charge is 0.126 e. The van der Waals surface area contributed by atoms with Gasteiger partial charge in [-0.05, 0) is 28.5 Å². The summed E-state index contributed by atoms with van der Waals surface area (Å²) in [5.74, 6) is 1.05. The summed E-state index contributed by atoms with van der Waals surface area (Å²) >= 11 is 0. The maximum Gasteiger partial charge on any atom is 0.126 e. The molecule has 0 fully saturated rings. The third-order valence-electron chi connectivity index (χ3n) is 3.39. The summed E-state index contributed by atoms with van der Waals surface area (Å²) in [7, 11) is 0. The fraction of sp³-hybridized carbons (Fsp3) is 0.200. The summed E-state index contributed by atoms with van der Waals surface area (Å²) in [6.45, 7) is 4.36. The van der Waals surface area contributed by atoms with E-state index in [9.17, 15) is 0 Å². The van der Waals surface area contributed by atoms with Gasteiger partial charge in [0.1, 0.15) is 5.82 Å². The van der Waals surface area contributed by atoms with Gasteiger partial charge in [0.15, 0.2) is 0 Å². The molecule has 0 aliphatic rings. The molecule has 3 rings (SSSR count). The summed E-state index contributed by atoms with van der Waals surface area (Å²) in [5.41, 5.74) is 9.11. The molecule has 2 aromatic heterocycles. The molecule has 0 radical (unpaired) electrons. The largest absolute Gasteiger partial charge is 0.384 e. The van der Waals surface area contributed by atoms with Gasteiger partial charge in [-0.2, -0.15) is 5.10 Å². The number of aromatic amines is 1. The Morgan fingerprint density at radius 2 is 2.00 bits per heavy atom. The second-order valence-corrected chi connectivity index (χ2v) is 5.02. The molecule has 0 saturated heterocycles. The summed E-state index contributed by atoms with van der Waals surface area (Å²) in [4.78, 5) is 4.32. The van der Waals surface area contributed by atoms with E-state index in [0.717, 1.165) is 16.5 Å². The van der Waals surface area contributed by atoms with Gasteiger partial charge in [-0.25, -0.2) is 0 Å². The van der Waals surface area contributed by atoms with Crippen LogP contribution in [0.1, 0.15) is 25.3 Å². The van der Waals surface area contributed by atoms with Crippen LogP contribution in [0.2, 0.25) is 0 Å². The lowest BCUT2D eigenvalue weighted by Gasteiger charge is -2.10. The number of pyridine rings is 1. The van der Waals surface area contributed by atoms with E-state index in [1.54, 1.807) is 6.20 Å². The number of benzene rings is 1. The highest BCUT2D eigenvalue weighted by atomic mass is 15.1. The van der Waals surface area contributed by atoms with Crippen molar-refractivity contribution in [1.82, 2.24) is 15.2 Å². The Kier molecular flexibility index (Phi) is 2.71.